The van der Waals surface area contributed by atoms with Crippen LogP contribution in [0, 0.1) is 5.82 Å². The topological polar surface area (TPSA) is 81.7 Å². The predicted molar refractivity (Wildman–Crippen MR) is 92.7 cm³/mol. The average molecular weight is 359 g/mol. The van der Waals surface area contributed by atoms with Crippen molar-refractivity contribution in [1.82, 2.24) is 0 Å². The van der Waals surface area contributed by atoms with Crippen molar-refractivity contribution in [3.05, 3.63) is 59.4 Å². The molecule has 1 N–H and O–H groups in total. The second-order valence-electron chi connectivity index (χ2n) is 5.48. The monoisotopic (exact) mass is 359 g/mol. The fraction of sp³-hybridized carbons (Fsp3) is 0.211. The maximum atomic E-state index is 14.0. The van der Waals surface area contributed by atoms with Crippen LogP contribution in [0.1, 0.15) is 22.8 Å². The van der Waals surface area contributed by atoms with Crippen molar-refractivity contribution in [2.75, 3.05) is 19.0 Å². The van der Waals surface area contributed by atoms with Gasteiger partial charge in [-0.25, -0.2) is 4.39 Å². The summed E-state index contributed by atoms with van der Waals surface area (Å²) in [6, 6.07) is 10.5. The van der Waals surface area contributed by atoms with E-state index < -0.39 is 24.2 Å². The first-order valence-corrected chi connectivity index (χ1v) is 7.78. The quantitative estimate of drug-likeness (QED) is 0.607. The summed E-state index contributed by atoms with van der Waals surface area (Å²) in [5.41, 5.74) is 0.730. The van der Waals surface area contributed by atoms with Gasteiger partial charge >= 0.3 is 5.97 Å². The Morgan fingerprint density at radius 3 is 2.35 bits per heavy atom. The second kappa shape index (κ2) is 8.75. The number of esters is 1. The van der Waals surface area contributed by atoms with Crippen molar-refractivity contribution in [2.24, 2.45) is 0 Å². The van der Waals surface area contributed by atoms with Crippen LogP contribution >= 0.6 is 0 Å². The van der Waals surface area contributed by atoms with Gasteiger partial charge in [0.25, 0.3) is 0 Å². The standard InChI is InChI=1S/C19H18FNO5/c1-12(22)21-14-5-8-16(17(20)10-14)18(23)11-26-19(24)9-13-3-6-15(25-2)7-4-13/h3-8,10H,9,11H2,1-2H3,(H,21,22). The van der Waals surface area contributed by atoms with Crippen molar-refractivity contribution in [3.8, 4) is 5.75 Å². The first-order valence-electron chi connectivity index (χ1n) is 7.78. The highest BCUT2D eigenvalue weighted by Crippen LogP contribution is 2.16. The van der Waals surface area contributed by atoms with Crippen molar-refractivity contribution in [3.63, 3.8) is 0 Å². The molecule has 0 radical (unpaired) electrons. The van der Waals surface area contributed by atoms with Gasteiger partial charge < -0.3 is 14.8 Å². The third-order valence-corrected chi connectivity index (χ3v) is 3.46. The molecule has 2 aromatic carbocycles. The third kappa shape index (κ3) is 5.41. The number of halogens is 1. The normalized spacial score (nSPS) is 10.1. The van der Waals surface area contributed by atoms with Gasteiger partial charge in [-0.15, -0.1) is 0 Å². The summed E-state index contributed by atoms with van der Waals surface area (Å²) in [5.74, 6) is -1.75. The van der Waals surface area contributed by atoms with E-state index in [1.807, 2.05) is 0 Å². The van der Waals surface area contributed by atoms with E-state index in [0.717, 1.165) is 6.07 Å². The molecular formula is C19H18FNO5. The predicted octanol–water partition coefficient (Wildman–Crippen LogP) is 2.76. The molecule has 7 heteroatoms. The number of ether oxygens (including phenoxy) is 2. The van der Waals surface area contributed by atoms with Crippen molar-refractivity contribution < 1.29 is 28.2 Å². The first-order chi connectivity index (χ1) is 12.4. The Labute approximate surface area is 149 Å². The molecule has 0 atom stereocenters. The highest BCUT2D eigenvalue weighted by molar-refractivity contribution is 5.99. The van der Waals surface area contributed by atoms with Gasteiger partial charge in [0.15, 0.2) is 6.61 Å². The minimum Gasteiger partial charge on any atom is -0.497 e. The molecule has 0 saturated heterocycles. The zero-order valence-electron chi connectivity index (χ0n) is 14.4. The number of methoxy groups -OCH3 is 1. The zero-order chi connectivity index (χ0) is 19.1. The highest BCUT2D eigenvalue weighted by atomic mass is 19.1. The number of anilines is 1. The molecule has 136 valence electrons. The number of rotatable bonds is 7. The van der Waals surface area contributed by atoms with E-state index in [0.29, 0.717) is 11.3 Å². The molecule has 0 aromatic heterocycles. The summed E-state index contributed by atoms with van der Waals surface area (Å²) < 4.78 is 23.9. The third-order valence-electron chi connectivity index (χ3n) is 3.46. The summed E-state index contributed by atoms with van der Waals surface area (Å²) in [7, 11) is 1.54. The number of hydrogen-bond donors (Lipinski definition) is 1. The Hall–Kier alpha value is -3.22. The van der Waals surface area contributed by atoms with E-state index in [4.69, 9.17) is 9.47 Å². The van der Waals surface area contributed by atoms with E-state index in [9.17, 15) is 18.8 Å². The van der Waals surface area contributed by atoms with Gasteiger partial charge in [0.2, 0.25) is 11.7 Å². The van der Waals surface area contributed by atoms with Crippen LogP contribution in [0.15, 0.2) is 42.5 Å². The second-order valence-corrected chi connectivity index (χ2v) is 5.48. The maximum Gasteiger partial charge on any atom is 0.310 e. The molecule has 0 saturated carbocycles. The van der Waals surface area contributed by atoms with E-state index in [1.165, 1.54) is 26.2 Å². The molecule has 0 aliphatic rings. The molecule has 6 nitrogen and oxygen atoms in total. The lowest BCUT2D eigenvalue weighted by molar-refractivity contribution is -0.141. The Balaban J connectivity index is 1.90. The molecule has 0 spiro atoms. The molecule has 0 fully saturated rings. The molecule has 26 heavy (non-hydrogen) atoms. The van der Waals surface area contributed by atoms with Crippen LogP contribution in [0.25, 0.3) is 0 Å². The van der Waals surface area contributed by atoms with E-state index in [2.05, 4.69) is 5.32 Å². The number of Topliss-reactive ketones (excluding diaryl/α,β-unsaturated/α-hetero) is 1. The van der Waals surface area contributed by atoms with Crippen LogP contribution in [-0.4, -0.2) is 31.4 Å². The minimum atomic E-state index is -0.799. The van der Waals surface area contributed by atoms with Gasteiger partial charge in [-0.2, -0.15) is 0 Å². The Morgan fingerprint density at radius 1 is 1.08 bits per heavy atom. The van der Waals surface area contributed by atoms with Gasteiger partial charge in [0, 0.05) is 12.6 Å². The fourth-order valence-corrected chi connectivity index (χ4v) is 2.21. The van der Waals surface area contributed by atoms with Crippen LogP contribution in [0.2, 0.25) is 0 Å². The van der Waals surface area contributed by atoms with E-state index >= 15 is 0 Å². The molecule has 2 aromatic rings. The Morgan fingerprint density at radius 2 is 1.77 bits per heavy atom. The van der Waals surface area contributed by atoms with E-state index in [-0.39, 0.29) is 23.6 Å². The average Bonchev–Trinajstić information content (AvgIpc) is 2.60. The van der Waals surface area contributed by atoms with Crippen molar-refractivity contribution in [1.29, 1.82) is 0 Å². The SMILES string of the molecule is COc1ccc(CC(=O)OCC(=O)c2ccc(NC(C)=O)cc2F)cc1. The van der Waals surface area contributed by atoms with Crippen molar-refractivity contribution >= 4 is 23.3 Å². The minimum absolute atomic E-state index is 0.0127. The molecule has 0 bridgehead atoms. The Bertz CT molecular complexity index is 817. The molecule has 0 aliphatic heterocycles. The smallest absolute Gasteiger partial charge is 0.310 e. The number of hydrogen-bond acceptors (Lipinski definition) is 5. The van der Waals surface area contributed by atoms with Gasteiger partial charge in [0.05, 0.1) is 19.1 Å². The number of carbonyl (C=O) groups excluding carboxylic acids is 3. The van der Waals surface area contributed by atoms with Crippen molar-refractivity contribution in [2.45, 2.75) is 13.3 Å². The summed E-state index contributed by atoms with van der Waals surface area (Å²) in [5, 5.41) is 2.41. The molecule has 0 heterocycles. The molecular weight excluding hydrogens is 341 g/mol. The van der Waals surface area contributed by atoms with Gasteiger partial charge in [-0.3, -0.25) is 14.4 Å². The van der Waals surface area contributed by atoms with Crippen LogP contribution < -0.4 is 10.1 Å². The molecule has 1 amide bonds. The Kier molecular flexibility index (Phi) is 6.43. The molecule has 0 aliphatic carbocycles. The largest absolute Gasteiger partial charge is 0.497 e. The van der Waals surface area contributed by atoms with Crippen LogP contribution in [0.4, 0.5) is 10.1 Å². The number of carbonyl (C=O) groups is 3. The number of amides is 1. The van der Waals surface area contributed by atoms with Crippen LogP contribution in [-0.2, 0) is 20.7 Å². The molecule has 0 unspecified atom stereocenters. The van der Waals surface area contributed by atoms with E-state index in [1.54, 1.807) is 24.3 Å². The number of nitrogens with one attached hydrogen (secondary N) is 1. The lowest BCUT2D eigenvalue weighted by Crippen LogP contribution is -2.17. The number of benzene rings is 2. The lowest BCUT2D eigenvalue weighted by Gasteiger charge is -2.07. The highest BCUT2D eigenvalue weighted by Gasteiger charge is 2.15. The first kappa shape index (κ1) is 19.1. The summed E-state index contributed by atoms with van der Waals surface area (Å²) in [6.07, 6.45) is -0.0127. The fourth-order valence-electron chi connectivity index (χ4n) is 2.21. The van der Waals surface area contributed by atoms with Crippen LogP contribution in [0.3, 0.4) is 0 Å². The maximum absolute atomic E-state index is 14.0. The lowest BCUT2D eigenvalue weighted by atomic mass is 10.1. The zero-order valence-corrected chi connectivity index (χ0v) is 14.4. The van der Waals surface area contributed by atoms with Gasteiger partial charge in [-0.1, -0.05) is 12.1 Å². The number of ketones is 1. The summed E-state index contributed by atoms with van der Waals surface area (Å²) in [6.45, 7) is 0.727. The van der Waals surface area contributed by atoms with Crippen LogP contribution in [0.5, 0.6) is 5.75 Å². The molecule has 2 rings (SSSR count). The van der Waals surface area contributed by atoms with Gasteiger partial charge in [0.1, 0.15) is 11.6 Å². The van der Waals surface area contributed by atoms with Gasteiger partial charge in [-0.05, 0) is 35.9 Å². The summed E-state index contributed by atoms with van der Waals surface area (Å²) in [4.78, 5) is 34.8. The summed E-state index contributed by atoms with van der Waals surface area (Å²) >= 11 is 0.